The third kappa shape index (κ3) is 3.22. The summed E-state index contributed by atoms with van der Waals surface area (Å²) in [6.07, 6.45) is 1.28. The molecule has 94 valence electrons. The third-order valence-electron chi connectivity index (χ3n) is 3.36. The highest BCUT2D eigenvalue weighted by Gasteiger charge is 2.39. The normalized spacial score (nSPS) is 23.5. The quantitative estimate of drug-likeness (QED) is 0.862. The number of nitrogens with one attached hydrogen (secondary N) is 1. The molecule has 1 aliphatic rings. The van der Waals surface area contributed by atoms with Crippen molar-refractivity contribution in [2.45, 2.75) is 38.6 Å². The van der Waals surface area contributed by atoms with Crippen LogP contribution in [0.25, 0.3) is 0 Å². The lowest BCUT2D eigenvalue weighted by molar-refractivity contribution is 0.403. The first-order valence-corrected chi connectivity index (χ1v) is 6.39. The van der Waals surface area contributed by atoms with E-state index in [4.69, 9.17) is 4.74 Å². The van der Waals surface area contributed by atoms with Crippen molar-refractivity contribution in [2.75, 3.05) is 13.7 Å². The molecule has 17 heavy (non-hydrogen) atoms. The van der Waals surface area contributed by atoms with E-state index in [0.29, 0.717) is 5.92 Å². The molecule has 0 heterocycles. The summed E-state index contributed by atoms with van der Waals surface area (Å²) >= 11 is 0. The molecule has 2 unspecified atom stereocenters. The van der Waals surface area contributed by atoms with E-state index in [1.54, 1.807) is 7.11 Å². The Morgan fingerprint density at radius 2 is 2.00 bits per heavy atom. The first-order chi connectivity index (χ1) is 8.01. The molecular formula is C15H23NO. The average molecular weight is 233 g/mol. The Morgan fingerprint density at radius 1 is 1.29 bits per heavy atom. The van der Waals surface area contributed by atoms with Crippen molar-refractivity contribution in [1.29, 1.82) is 0 Å². The van der Waals surface area contributed by atoms with Crippen molar-refractivity contribution in [2.24, 2.45) is 5.92 Å². The zero-order valence-electron chi connectivity index (χ0n) is 11.3. The third-order valence-corrected chi connectivity index (χ3v) is 3.36. The van der Waals surface area contributed by atoms with Crippen LogP contribution in [-0.4, -0.2) is 19.2 Å². The maximum atomic E-state index is 5.42. The summed E-state index contributed by atoms with van der Waals surface area (Å²) in [6.45, 7) is 7.75. The topological polar surface area (TPSA) is 21.3 Å². The number of hydrogen-bond acceptors (Lipinski definition) is 2. The standard InChI is InChI=1S/C15H23NO/c1-15(2,3)16-10-11-9-13(11)12-7-5-6-8-14(12)17-4/h5-8,11,13,16H,9-10H2,1-4H3. The molecule has 1 fully saturated rings. The fourth-order valence-corrected chi connectivity index (χ4v) is 2.26. The summed E-state index contributed by atoms with van der Waals surface area (Å²) in [5, 5.41) is 3.58. The molecule has 0 radical (unpaired) electrons. The van der Waals surface area contributed by atoms with Gasteiger partial charge in [0.05, 0.1) is 7.11 Å². The lowest BCUT2D eigenvalue weighted by Crippen LogP contribution is -2.37. The van der Waals surface area contributed by atoms with E-state index in [1.165, 1.54) is 12.0 Å². The predicted octanol–water partition coefficient (Wildman–Crippen LogP) is 3.19. The van der Waals surface area contributed by atoms with E-state index in [-0.39, 0.29) is 5.54 Å². The number of para-hydroxylation sites is 1. The molecule has 1 saturated carbocycles. The van der Waals surface area contributed by atoms with Crippen molar-refractivity contribution in [1.82, 2.24) is 5.32 Å². The first-order valence-electron chi connectivity index (χ1n) is 6.39. The molecule has 0 amide bonds. The van der Waals surface area contributed by atoms with E-state index in [9.17, 15) is 0 Å². The van der Waals surface area contributed by atoms with Crippen LogP contribution in [0.3, 0.4) is 0 Å². The van der Waals surface area contributed by atoms with Crippen LogP contribution in [-0.2, 0) is 0 Å². The maximum absolute atomic E-state index is 5.42. The van der Waals surface area contributed by atoms with Gasteiger partial charge in [-0.3, -0.25) is 0 Å². The van der Waals surface area contributed by atoms with Gasteiger partial charge in [0.1, 0.15) is 5.75 Å². The number of rotatable bonds is 4. The van der Waals surface area contributed by atoms with Crippen molar-refractivity contribution >= 4 is 0 Å². The van der Waals surface area contributed by atoms with Gasteiger partial charge in [-0.15, -0.1) is 0 Å². The van der Waals surface area contributed by atoms with E-state index in [2.05, 4.69) is 44.3 Å². The molecule has 2 rings (SSSR count). The summed E-state index contributed by atoms with van der Waals surface area (Å²) in [7, 11) is 1.75. The molecule has 2 heteroatoms. The Bertz CT molecular complexity index is 381. The minimum atomic E-state index is 0.216. The summed E-state index contributed by atoms with van der Waals surface area (Å²) < 4.78 is 5.42. The van der Waals surface area contributed by atoms with Crippen LogP contribution in [0.2, 0.25) is 0 Å². The Morgan fingerprint density at radius 3 is 2.65 bits per heavy atom. The second-order valence-electron chi connectivity index (χ2n) is 5.98. The summed E-state index contributed by atoms with van der Waals surface area (Å²) in [6, 6.07) is 8.39. The average Bonchev–Trinajstić information content (AvgIpc) is 3.05. The Hall–Kier alpha value is -1.02. The predicted molar refractivity (Wildman–Crippen MR) is 71.6 cm³/mol. The van der Waals surface area contributed by atoms with E-state index < -0.39 is 0 Å². The lowest BCUT2D eigenvalue weighted by Gasteiger charge is -2.20. The van der Waals surface area contributed by atoms with Crippen LogP contribution in [0.5, 0.6) is 5.75 Å². The Kier molecular flexibility index (Phi) is 3.43. The first kappa shape index (κ1) is 12.4. The van der Waals surface area contributed by atoms with Crippen molar-refractivity contribution < 1.29 is 4.74 Å². The van der Waals surface area contributed by atoms with Crippen molar-refractivity contribution in [3.8, 4) is 5.75 Å². The highest BCUT2D eigenvalue weighted by Crippen LogP contribution is 2.49. The molecule has 2 atom stereocenters. The van der Waals surface area contributed by atoms with Gasteiger partial charge in [0, 0.05) is 5.54 Å². The van der Waals surface area contributed by atoms with E-state index in [1.807, 2.05) is 6.07 Å². The Balaban J connectivity index is 1.94. The fraction of sp³-hybridized carbons (Fsp3) is 0.600. The molecule has 0 bridgehead atoms. The molecule has 0 aliphatic heterocycles. The van der Waals surface area contributed by atoms with Crippen molar-refractivity contribution in [3.05, 3.63) is 29.8 Å². The number of hydrogen-bond donors (Lipinski definition) is 1. The zero-order chi connectivity index (χ0) is 12.5. The second kappa shape index (κ2) is 4.69. The van der Waals surface area contributed by atoms with E-state index >= 15 is 0 Å². The monoisotopic (exact) mass is 233 g/mol. The molecular weight excluding hydrogens is 210 g/mol. The van der Waals surface area contributed by atoms with Crippen molar-refractivity contribution in [3.63, 3.8) is 0 Å². The second-order valence-corrected chi connectivity index (χ2v) is 5.98. The molecule has 0 spiro atoms. The van der Waals surface area contributed by atoms with Gasteiger partial charge in [-0.2, -0.15) is 0 Å². The fourth-order valence-electron chi connectivity index (χ4n) is 2.26. The molecule has 1 aliphatic carbocycles. The van der Waals surface area contributed by atoms with Crippen LogP contribution in [0.1, 0.15) is 38.7 Å². The van der Waals surface area contributed by atoms with Gasteiger partial charge < -0.3 is 10.1 Å². The summed E-state index contributed by atoms with van der Waals surface area (Å²) in [4.78, 5) is 0. The lowest BCUT2D eigenvalue weighted by atomic mass is 10.1. The van der Waals surface area contributed by atoms with Crippen LogP contribution < -0.4 is 10.1 Å². The van der Waals surface area contributed by atoms with Gasteiger partial charge in [-0.25, -0.2) is 0 Å². The number of benzene rings is 1. The van der Waals surface area contributed by atoms with Gasteiger partial charge in [0.25, 0.3) is 0 Å². The zero-order valence-corrected chi connectivity index (χ0v) is 11.3. The minimum absolute atomic E-state index is 0.216. The maximum Gasteiger partial charge on any atom is 0.122 e. The highest BCUT2D eigenvalue weighted by molar-refractivity contribution is 5.39. The summed E-state index contributed by atoms with van der Waals surface area (Å²) in [5.41, 5.74) is 1.59. The van der Waals surface area contributed by atoms with Gasteiger partial charge >= 0.3 is 0 Å². The van der Waals surface area contributed by atoms with E-state index in [0.717, 1.165) is 18.2 Å². The largest absolute Gasteiger partial charge is 0.496 e. The molecule has 1 aromatic rings. The minimum Gasteiger partial charge on any atom is -0.496 e. The van der Waals surface area contributed by atoms with Crippen LogP contribution in [0.15, 0.2) is 24.3 Å². The van der Waals surface area contributed by atoms with Crippen LogP contribution in [0, 0.1) is 5.92 Å². The SMILES string of the molecule is COc1ccccc1C1CC1CNC(C)(C)C. The van der Waals surface area contributed by atoms with Crippen LogP contribution in [0.4, 0.5) is 0 Å². The molecule has 1 aromatic carbocycles. The number of methoxy groups -OCH3 is 1. The summed E-state index contributed by atoms with van der Waals surface area (Å²) in [5.74, 6) is 2.49. The molecule has 0 saturated heterocycles. The molecule has 0 aromatic heterocycles. The Labute approximate surface area is 104 Å². The van der Waals surface area contributed by atoms with Gasteiger partial charge in [-0.05, 0) is 57.2 Å². The molecule has 1 N–H and O–H groups in total. The number of ether oxygens (including phenoxy) is 1. The van der Waals surface area contributed by atoms with Crippen LogP contribution >= 0.6 is 0 Å². The van der Waals surface area contributed by atoms with Gasteiger partial charge in [-0.1, -0.05) is 18.2 Å². The molecule has 2 nitrogen and oxygen atoms in total. The van der Waals surface area contributed by atoms with Gasteiger partial charge in [0.2, 0.25) is 0 Å². The highest BCUT2D eigenvalue weighted by atomic mass is 16.5. The van der Waals surface area contributed by atoms with Gasteiger partial charge in [0.15, 0.2) is 0 Å². The smallest absolute Gasteiger partial charge is 0.122 e.